The number of amides is 2. The van der Waals surface area contributed by atoms with Crippen molar-refractivity contribution in [2.24, 2.45) is 0 Å². The van der Waals surface area contributed by atoms with E-state index in [1.807, 2.05) is 24.3 Å². The maximum Gasteiger partial charge on any atom is 0.259 e. The fourth-order valence-corrected chi connectivity index (χ4v) is 1.80. The van der Waals surface area contributed by atoms with Gasteiger partial charge < -0.3 is 4.42 Å². The SMILES string of the molecule is O=C1C=C(c2coc3ccccc23)C(=O)N1. The molecule has 1 aliphatic heterocycles. The van der Waals surface area contributed by atoms with Crippen LogP contribution in [-0.4, -0.2) is 11.8 Å². The van der Waals surface area contributed by atoms with Crippen LogP contribution in [0.2, 0.25) is 0 Å². The maximum atomic E-state index is 11.5. The van der Waals surface area contributed by atoms with Crippen LogP contribution in [-0.2, 0) is 9.59 Å². The summed E-state index contributed by atoms with van der Waals surface area (Å²) in [5.41, 5.74) is 1.71. The van der Waals surface area contributed by atoms with Crippen molar-refractivity contribution in [1.29, 1.82) is 0 Å². The van der Waals surface area contributed by atoms with Gasteiger partial charge in [-0.3, -0.25) is 14.9 Å². The van der Waals surface area contributed by atoms with Gasteiger partial charge in [0.1, 0.15) is 5.58 Å². The molecular weight excluding hydrogens is 206 g/mol. The van der Waals surface area contributed by atoms with Gasteiger partial charge in [-0.05, 0) is 6.07 Å². The van der Waals surface area contributed by atoms with Crippen LogP contribution in [0.25, 0.3) is 16.5 Å². The highest BCUT2D eigenvalue weighted by atomic mass is 16.3. The van der Waals surface area contributed by atoms with Crippen LogP contribution < -0.4 is 5.32 Å². The first-order valence-corrected chi connectivity index (χ1v) is 4.79. The van der Waals surface area contributed by atoms with Gasteiger partial charge in [0.2, 0.25) is 0 Å². The van der Waals surface area contributed by atoms with Gasteiger partial charge in [0, 0.05) is 17.0 Å². The van der Waals surface area contributed by atoms with Crippen LogP contribution in [0.5, 0.6) is 0 Å². The molecule has 3 rings (SSSR count). The minimum atomic E-state index is -0.384. The van der Waals surface area contributed by atoms with Gasteiger partial charge in [-0.2, -0.15) is 0 Å². The Balaban J connectivity index is 2.24. The van der Waals surface area contributed by atoms with Crippen LogP contribution in [0.1, 0.15) is 5.56 Å². The van der Waals surface area contributed by atoms with Gasteiger partial charge in [-0.25, -0.2) is 0 Å². The van der Waals surface area contributed by atoms with Gasteiger partial charge in [0.15, 0.2) is 0 Å². The second-order valence-electron chi connectivity index (χ2n) is 3.52. The molecule has 1 aromatic carbocycles. The monoisotopic (exact) mass is 213 g/mol. The number of benzene rings is 1. The summed E-state index contributed by atoms with van der Waals surface area (Å²) in [5, 5.41) is 3.04. The standard InChI is InChI=1S/C12H7NO3/c14-11-5-8(12(15)13-11)9-6-16-10-4-2-1-3-7(9)10/h1-6H,(H,13,14,15). The Morgan fingerprint density at radius 3 is 2.69 bits per heavy atom. The molecule has 16 heavy (non-hydrogen) atoms. The van der Waals surface area contributed by atoms with Crippen molar-refractivity contribution in [3.63, 3.8) is 0 Å². The lowest BCUT2D eigenvalue weighted by Crippen LogP contribution is -2.21. The van der Waals surface area contributed by atoms with Crippen molar-refractivity contribution in [1.82, 2.24) is 5.32 Å². The predicted molar refractivity (Wildman–Crippen MR) is 57.3 cm³/mol. The average molecular weight is 213 g/mol. The highest BCUT2D eigenvalue weighted by Crippen LogP contribution is 2.28. The molecule has 4 nitrogen and oxygen atoms in total. The first kappa shape index (κ1) is 8.91. The number of carbonyl (C=O) groups is 2. The Labute approximate surface area is 90.5 Å². The molecule has 0 radical (unpaired) electrons. The first-order chi connectivity index (χ1) is 7.75. The molecule has 2 amide bonds. The summed E-state index contributed by atoms with van der Waals surface area (Å²) in [6.45, 7) is 0. The molecule has 2 heterocycles. The van der Waals surface area contributed by atoms with Gasteiger partial charge in [-0.15, -0.1) is 0 Å². The van der Waals surface area contributed by atoms with Gasteiger partial charge in [-0.1, -0.05) is 18.2 Å². The number of fused-ring (bicyclic) bond motifs is 1. The Morgan fingerprint density at radius 2 is 1.94 bits per heavy atom. The molecule has 2 aromatic rings. The summed E-state index contributed by atoms with van der Waals surface area (Å²) in [4.78, 5) is 22.5. The normalized spacial score (nSPS) is 15.4. The number of carbonyl (C=O) groups excluding carboxylic acids is 2. The topological polar surface area (TPSA) is 59.3 Å². The van der Waals surface area contributed by atoms with Crippen LogP contribution in [0.4, 0.5) is 0 Å². The fourth-order valence-electron chi connectivity index (χ4n) is 1.80. The summed E-state index contributed by atoms with van der Waals surface area (Å²) in [5.74, 6) is -0.762. The second-order valence-corrected chi connectivity index (χ2v) is 3.52. The van der Waals surface area contributed by atoms with Gasteiger partial charge in [0.25, 0.3) is 11.8 Å². The molecule has 1 aromatic heterocycles. The summed E-state index contributed by atoms with van der Waals surface area (Å²) in [6.07, 6.45) is 2.79. The highest BCUT2D eigenvalue weighted by Gasteiger charge is 2.24. The minimum Gasteiger partial charge on any atom is -0.464 e. The fraction of sp³-hybridized carbons (Fsp3) is 0. The molecule has 0 fully saturated rings. The van der Waals surface area contributed by atoms with Gasteiger partial charge >= 0.3 is 0 Å². The smallest absolute Gasteiger partial charge is 0.259 e. The molecule has 1 N–H and O–H groups in total. The number of rotatable bonds is 1. The third-order valence-electron chi connectivity index (χ3n) is 2.53. The number of imide groups is 1. The first-order valence-electron chi connectivity index (χ1n) is 4.79. The molecular formula is C12H7NO3. The molecule has 0 atom stereocenters. The molecule has 0 spiro atoms. The van der Waals surface area contributed by atoms with Crippen LogP contribution >= 0.6 is 0 Å². The van der Waals surface area contributed by atoms with Crippen molar-refractivity contribution in [2.45, 2.75) is 0 Å². The lowest BCUT2D eigenvalue weighted by molar-refractivity contribution is -0.123. The molecule has 0 saturated heterocycles. The number of hydrogen-bond donors (Lipinski definition) is 1. The lowest BCUT2D eigenvalue weighted by Gasteiger charge is -1.95. The number of furan rings is 1. The van der Waals surface area contributed by atoms with E-state index in [-0.39, 0.29) is 11.8 Å². The molecule has 1 aliphatic rings. The average Bonchev–Trinajstić information content (AvgIpc) is 2.81. The highest BCUT2D eigenvalue weighted by molar-refractivity contribution is 6.35. The van der Waals surface area contributed by atoms with Crippen molar-refractivity contribution >= 4 is 28.4 Å². The van der Waals surface area contributed by atoms with Crippen LogP contribution in [0.15, 0.2) is 41.0 Å². The third-order valence-corrected chi connectivity index (χ3v) is 2.53. The van der Waals surface area contributed by atoms with E-state index in [0.29, 0.717) is 16.7 Å². The predicted octanol–water partition coefficient (Wildman–Crippen LogP) is 1.47. The summed E-state index contributed by atoms with van der Waals surface area (Å²) in [7, 11) is 0. The number of hydrogen-bond acceptors (Lipinski definition) is 3. The largest absolute Gasteiger partial charge is 0.464 e. The van der Waals surface area contributed by atoms with Crippen LogP contribution in [0, 0.1) is 0 Å². The minimum absolute atomic E-state index is 0.356. The zero-order valence-electron chi connectivity index (χ0n) is 8.19. The van der Waals surface area contributed by atoms with Crippen LogP contribution in [0.3, 0.4) is 0 Å². The summed E-state index contributed by atoms with van der Waals surface area (Å²) < 4.78 is 5.31. The summed E-state index contributed by atoms with van der Waals surface area (Å²) >= 11 is 0. The van der Waals surface area contributed by atoms with E-state index >= 15 is 0 Å². The molecule has 0 bridgehead atoms. The third kappa shape index (κ3) is 1.16. The Hall–Kier alpha value is -2.36. The van der Waals surface area contributed by atoms with Crippen molar-refractivity contribution in [3.05, 3.63) is 42.2 Å². The van der Waals surface area contributed by atoms with Crippen molar-refractivity contribution in [2.75, 3.05) is 0 Å². The van der Waals surface area contributed by atoms with E-state index < -0.39 is 0 Å². The number of para-hydroxylation sites is 1. The number of nitrogens with one attached hydrogen (secondary N) is 1. The quantitative estimate of drug-likeness (QED) is 0.730. The lowest BCUT2D eigenvalue weighted by atomic mass is 10.1. The van der Waals surface area contributed by atoms with E-state index in [9.17, 15) is 9.59 Å². The Bertz CT molecular complexity index is 637. The zero-order chi connectivity index (χ0) is 11.1. The Morgan fingerprint density at radius 1 is 1.12 bits per heavy atom. The molecule has 0 unspecified atom stereocenters. The van der Waals surface area contributed by atoms with E-state index in [4.69, 9.17) is 4.42 Å². The maximum absolute atomic E-state index is 11.5. The van der Waals surface area contributed by atoms with E-state index in [2.05, 4.69) is 5.32 Å². The summed E-state index contributed by atoms with van der Waals surface area (Å²) in [6, 6.07) is 7.37. The van der Waals surface area contributed by atoms with E-state index in [0.717, 1.165) is 5.39 Å². The second kappa shape index (κ2) is 3.06. The zero-order valence-corrected chi connectivity index (χ0v) is 8.19. The van der Waals surface area contributed by atoms with Crippen molar-refractivity contribution in [3.8, 4) is 0 Å². The van der Waals surface area contributed by atoms with Crippen molar-refractivity contribution < 1.29 is 14.0 Å². The molecule has 0 saturated carbocycles. The van der Waals surface area contributed by atoms with Gasteiger partial charge in [0.05, 0.1) is 11.8 Å². The Kier molecular flexibility index (Phi) is 1.71. The molecule has 4 heteroatoms. The van der Waals surface area contributed by atoms with E-state index in [1.54, 1.807) is 0 Å². The molecule has 78 valence electrons. The molecule has 0 aliphatic carbocycles. The van der Waals surface area contributed by atoms with E-state index in [1.165, 1.54) is 12.3 Å².